The van der Waals surface area contributed by atoms with Gasteiger partial charge in [-0.15, -0.1) is 0 Å². The smallest absolute Gasteiger partial charge is 0.255 e. The van der Waals surface area contributed by atoms with E-state index in [1.54, 1.807) is 0 Å². The quantitative estimate of drug-likeness (QED) is 0.808. The molecule has 0 bridgehead atoms. The van der Waals surface area contributed by atoms with Crippen LogP contribution in [-0.4, -0.2) is 47.5 Å². The van der Waals surface area contributed by atoms with Gasteiger partial charge in [-0.25, -0.2) is 8.78 Å². The summed E-state index contributed by atoms with van der Waals surface area (Å²) < 4.78 is 33.3. The highest BCUT2D eigenvalue weighted by Gasteiger charge is 2.47. The molecule has 2 aliphatic rings. The molecule has 1 amide bonds. The number of hydrogen-bond acceptors (Lipinski definition) is 3. The first-order valence-corrected chi connectivity index (χ1v) is 9.69. The van der Waals surface area contributed by atoms with Crippen LogP contribution in [0.4, 0.5) is 8.78 Å². The van der Waals surface area contributed by atoms with E-state index in [9.17, 15) is 13.6 Å². The van der Waals surface area contributed by atoms with Crippen molar-refractivity contribution in [2.24, 2.45) is 0 Å². The molecule has 0 saturated carbocycles. The molecule has 4 nitrogen and oxygen atoms in total. The number of benzene rings is 2. The van der Waals surface area contributed by atoms with E-state index in [1.165, 1.54) is 6.07 Å². The predicted molar refractivity (Wildman–Crippen MR) is 101 cm³/mol. The fraction of sp³-hybridized carbons (Fsp3) is 0.409. The highest BCUT2D eigenvalue weighted by molar-refractivity contribution is 5.86. The number of nitrogens with zero attached hydrogens (tertiary/aromatic N) is 2. The minimum atomic E-state index is -0.788. The highest BCUT2D eigenvalue weighted by Crippen LogP contribution is 2.32. The van der Waals surface area contributed by atoms with Gasteiger partial charge in [-0.1, -0.05) is 30.3 Å². The molecular weight excluding hydrogens is 362 g/mol. The molecule has 4 rings (SSSR count). The molecule has 0 atom stereocenters. The Morgan fingerprint density at radius 3 is 2.46 bits per heavy atom. The van der Waals surface area contributed by atoms with Gasteiger partial charge in [0.15, 0.2) is 0 Å². The summed E-state index contributed by atoms with van der Waals surface area (Å²) in [7, 11) is 0. The third-order valence-electron chi connectivity index (χ3n) is 5.70. The average Bonchev–Trinajstić information content (AvgIpc) is 2.71. The van der Waals surface area contributed by atoms with Gasteiger partial charge in [0.1, 0.15) is 17.2 Å². The Morgan fingerprint density at radius 2 is 1.71 bits per heavy atom. The van der Waals surface area contributed by atoms with Crippen molar-refractivity contribution in [1.29, 1.82) is 0 Å². The number of carbonyl (C=O) groups excluding carboxylic acids is 1. The molecule has 2 saturated heterocycles. The van der Waals surface area contributed by atoms with E-state index < -0.39 is 17.2 Å². The molecule has 148 valence electrons. The summed E-state index contributed by atoms with van der Waals surface area (Å²) in [4.78, 5) is 17.1. The number of amides is 1. The van der Waals surface area contributed by atoms with Crippen LogP contribution in [0, 0.1) is 11.6 Å². The van der Waals surface area contributed by atoms with Gasteiger partial charge in [-0.05, 0) is 36.6 Å². The molecule has 2 aromatic rings. The van der Waals surface area contributed by atoms with Crippen molar-refractivity contribution in [3.63, 3.8) is 0 Å². The fourth-order valence-corrected chi connectivity index (χ4v) is 4.09. The molecule has 0 radical (unpaired) electrons. The van der Waals surface area contributed by atoms with E-state index in [4.69, 9.17) is 4.74 Å². The monoisotopic (exact) mass is 386 g/mol. The topological polar surface area (TPSA) is 32.8 Å². The van der Waals surface area contributed by atoms with E-state index in [0.29, 0.717) is 57.7 Å². The van der Waals surface area contributed by atoms with Gasteiger partial charge in [-0.2, -0.15) is 0 Å². The lowest BCUT2D eigenvalue weighted by molar-refractivity contribution is -0.180. The fourth-order valence-electron chi connectivity index (χ4n) is 4.09. The summed E-state index contributed by atoms with van der Waals surface area (Å²) in [6.45, 7) is 3.26. The third-order valence-corrected chi connectivity index (χ3v) is 5.70. The normalized spacial score (nSPS) is 19.9. The maximum atomic E-state index is 13.9. The number of carbonyl (C=O) groups is 1. The molecule has 2 aliphatic heterocycles. The Bertz CT molecular complexity index is 836. The van der Waals surface area contributed by atoms with Gasteiger partial charge in [0.2, 0.25) is 0 Å². The highest BCUT2D eigenvalue weighted by atomic mass is 19.1. The van der Waals surface area contributed by atoms with E-state index >= 15 is 0 Å². The molecule has 2 fully saturated rings. The van der Waals surface area contributed by atoms with Gasteiger partial charge >= 0.3 is 0 Å². The van der Waals surface area contributed by atoms with Crippen LogP contribution >= 0.6 is 0 Å². The number of likely N-dealkylation sites (tertiary alicyclic amines) is 1. The van der Waals surface area contributed by atoms with Crippen LogP contribution in [-0.2, 0) is 22.6 Å². The van der Waals surface area contributed by atoms with Gasteiger partial charge in [0.05, 0.1) is 6.61 Å². The zero-order valence-electron chi connectivity index (χ0n) is 15.7. The van der Waals surface area contributed by atoms with E-state index in [0.717, 1.165) is 17.7 Å². The van der Waals surface area contributed by atoms with E-state index in [-0.39, 0.29) is 5.91 Å². The maximum Gasteiger partial charge on any atom is 0.255 e. The number of ether oxygens (including phenoxy) is 1. The van der Waals surface area contributed by atoms with Crippen LogP contribution in [0.2, 0.25) is 0 Å². The molecule has 0 aliphatic carbocycles. The molecule has 2 heterocycles. The van der Waals surface area contributed by atoms with Crippen LogP contribution in [0.1, 0.15) is 24.0 Å². The number of morpholine rings is 1. The van der Waals surface area contributed by atoms with Gasteiger partial charge in [0, 0.05) is 38.3 Å². The van der Waals surface area contributed by atoms with Crippen LogP contribution in [0.3, 0.4) is 0 Å². The third kappa shape index (κ3) is 3.93. The van der Waals surface area contributed by atoms with Crippen LogP contribution in [0.15, 0.2) is 48.5 Å². The first kappa shape index (κ1) is 19.0. The second-order valence-electron chi connectivity index (χ2n) is 7.57. The minimum Gasteiger partial charge on any atom is -0.363 e. The van der Waals surface area contributed by atoms with Crippen molar-refractivity contribution in [2.45, 2.75) is 31.5 Å². The lowest BCUT2D eigenvalue weighted by atomic mass is 9.88. The molecular formula is C22H24F2N2O2. The molecule has 28 heavy (non-hydrogen) atoms. The summed E-state index contributed by atoms with van der Waals surface area (Å²) >= 11 is 0. The largest absolute Gasteiger partial charge is 0.363 e. The van der Waals surface area contributed by atoms with Crippen LogP contribution in [0.5, 0.6) is 0 Å². The number of rotatable bonds is 4. The molecule has 0 aromatic heterocycles. The van der Waals surface area contributed by atoms with Gasteiger partial charge in [-0.3, -0.25) is 9.69 Å². The SMILES string of the molecule is O=C1N(Cc2ccccc2)CCOC12CCN(Cc1cc(F)ccc1F)CC2. The molecule has 2 aromatic carbocycles. The molecule has 6 heteroatoms. The molecule has 0 N–H and O–H groups in total. The first-order chi connectivity index (χ1) is 13.6. The maximum absolute atomic E-state index is 13.9. The number of piperidine rings is 1. The Labute approximate surface area is 163 Å². The number of hydrogen-bond donors (Lipinski definition) is 0. The summed E-state index contributed by atoms with van der Waals surface area (Å²) in [5.74, 6) is -0.799. The Morgan fingerprint density at radius 1 is 0.964 bits per heavy atom. The van der Waals surface area contributed by atoms with Crippen molar-refractivity contribution >= 4 is 5.91 Å². The van der Waals surface area contributed by atoms with Crippen LogP contribution < -0.4 is 0 Å². The lowest BCUT2D eigenvalue weighted by Crippen LogP contribution is -2.60. The Kier molecular flexibility index (Phi) is 5.42. The molecule has 0 unspecified atom stereocenters. The second kappa shape index (κ2) is 7.97. The minimum absolute atomic E-state index is 0.0409. The zero-order chi connectivity index (χ0) is 19.6. The predicted octanol–water partition coefficient (Wildman–Crippen LogP) is 3.36. The first-order valence-electron chi connectivity index (χ1n) is 9.69. The summed E-state index contributed by atoms with van der Waals surface area (Å²) in [6, 6.07) is 13.5. The van der Waals surface area contributed by atoms with E-state index in [1.807, 2.05) is 35.2 Å². The Hall–Kier alpha value is -2.31. The zero-order valence-corrected chi connectivity index (χ0v) is 15.7. The van der Waals surface area contributed by atoms with Gasteiger partial charge < -0.3 is 9.64 Å². The lowest BCUT2D eigenvalue weighted by Gasteiger charge is -2.46. The van der Waals surface area contributed by atoms with Crippen molar-refractivity contribution in [3.8, 4) is 0 Å². The summed E-state index contributed by atoms with van der Waals surface area (Å²) in [5, 5.41) is 0. The summed E-state index contributed by atoms with van der Waals surface area (Å²) in [6.07, 6.45) is 1.13. The molecule has 1 spiro atoms. The van der Waals surface area contributed by atoms with Crippen LogP contribution in [0.25, 0.3) is 0 Å². The van der Waals surface area contributed by atoms with Crippen molar-refractivity contribution in [1.82, 2.24) is 9.80 Å². The average molecular weight is 386 g/mol. The van der Waals surface area contributed by atoms with Crippen molar-refractivity contribution < 1.29 is 18.3 Å². The van der Waals surface area contributed by atoms with Crippen molar-refractivity contribution in [3.05, 3.63) is 71.3 Å². The Balaban J connectivity index is 1.40. The second-order valence-corrected chi connectivity index (χ2v) is 7.57. The van der Waals surface area contributed by atoms with E-state index in [2.05, 4.69) is 4.90 Å². The number of halogens is 2. The van der Waals surface area contributed by atoms with Crippen molar-refractivity contribution in [2.75, 3.05) is 26.2 Å². The standard InChI is InChI=1S/C22H24F2N2O2/c23-19-6-7-20(24)18(14-19)16-25-10-8-22(9-11-25)21(27)26(12-13-28-22)15-17-4-2-1-3-5-17/h1-7,14H,8-13,15-16H2. The van der Waals surface area contributed by atoms with Gasteiger partial charge in [0.25, 0.3) is 5.91 Å². The summed E-state index contributed by atoms with van der Waals surface area (Å²) in [5.41, 5.74) is 0.661.